The number of nitrogens with two attached hydrogens (primary N) is 1. The molecule has 7 nitrogen and oxygen atoms in total. The smallest absolute Gasteiger partial charge is 0.369 e. The third-order valence-electron chi connectivity index (χ3n) is 6.64. The summed E-state index contributed by atoms with van der Waals surface area (Å²) in [6, 6.07) is 12.0. The van der Waals surface area contributed by atoms with Crippen LogP contribution in [0.25, 0.3) is 0 Å². The molecule has 2 aliphatic rings. The van der Waals surface area contributed by atoms with E-state index in [-0.39, 0.29) is 28.1 Å². The lowest BCUT2D eigenvalue weighted by Gasteiger charge is -2.26. The van der Waals surface area contributed by atoms with Crippen LogP contribution in [-0.4, -0.2) is 35.8 Å². The molecule has 2 aromatic carbocycles. The van der Waals surface area contributed by atoms with Crippen molar-refractivity contribution in [3.8, 4) is 0 Å². The van der Waals surface area contributed by atoms with E-state index in [0.717, 1.165) is 12.8 Å². The van der Waals surface area contributed by atoms with E-state index in [4.69, 9.17) is 28.9 Å². The van der Waals surface area contributed by atoms with Gasteiger partial charge in [-0.3, -0.25) is 14.4 Å². The van der Waals surface area contributed by atoms with Crippen LogP contribution in [0.1, 0.15) is 43.2 Å². The van der Waals surface area contributed by atoms with Crippen LogP contribution in [0, 0.1) is 17.8 Å². The fourth-order valence-corrected chi connectivity index (χ4v) is 4.88. The lowest BCUT2D eigenvalue weighted by Crippen LogP contribution is -2.48. The minimum Gasteiger partial charge on any atom is -0.369 e. The molecule has 0 spiro atoms. The normalized spacial score (nSPS) is 18.9. The SMILES string of the molecule is NC(=O)[C@H](CCC(F)(F)F)[C@H](CC1CC1)C(=O)N[C@H]1N=C(c2ccccc2)c2ccc(Cl)c(Cl)c2NC1=O. The number of aliphatic imine (C=N–C) groups is 1. The number of fused-ring (bicyclic) bond motifs is 1. The lowest BCUT2D eigenvalue weighted by atomic mass is 9.83. The maximum absolute atomic E-state index is 13.4. The second kappa shape index (κ2) is 11.3. The van der Waals surface area contributed by atoms with E-state index in [0.29, 0.717) is 16.8 Å². The van der Waals surface area contributed by atoms with E-state index < -0.39 is 54.7 Å². The predicted molar refractivity (Wildman–Crippen MR) is 138 cm³/mol. The Morgan fingerprint density at radius 2 is 1.79 bits per heavy atom. The highest BCUT2D eigenvalue weighted by Gasteiger charge is 2.41. The molecule has 1 heterocycles. The maximum atomic E-state index is 13.4. The Balaban J connectivity index is 1.68. The first-order chi connectivity index (χ1) is 17.9. The minimum atomic E-state index is -4.52. The molecule has 2 aromatic rings. The van der Waals surface area contributed by atoms with Crippen LogP contribution in [0.4, 0.5) is 18.9 Å². The standard InChI is InChI=1S/C26H25Cl2F3N4O3/c27-18-9-8-16-20(14-4-2-1-3-5-14)33-23(25(38)34-21(16)19(18)28)35-24(37)17(12-13-6-7-13)15(22(32)36)10-11-26(29,30)31/h1-5,8-9,13,15,17,23H,6-7,10-12H2,(H2,32,36)(H,34,38)(H,35,37)/t15-,17+,23-/m1/s1. The summed E-state index contributed by atoms with van der Waals surface area (Å²) in [6.07, 6.45) is -6.09. The quantitative estimate of drug-likeness (QED) is 0.391. The third kappa shape index (κ3) is 6.66. The first-order valence-electron chi connectivity index (χ1n) is 12.0. The number of halogens is 5. The van der Waals surface area contributed by atoms with Gasteiger partial charge in [-0.1, -0.05) is 66.4 Å². The van der Waals surface area contributed by atoms with Gasteiger partial charge in [0.15, 0.2) is 0 Å². The summed E-state index contributed by atoms with van der Waals surface area (Å²) in [5, 5.41) is 5.47. The average molecular weight is 569 g/mol. The zero-order valence-corrected chi connectivity index (χ0v) is 21.5. The summed E-state index contributed by atoms with van der Waals surface area (Å²) < 4.78 is 38.8. The Bertz CT molecular complexity index is 1270. The van der Waals surface area contributed by atoms with E-state index in [2.05, 4.69) is 15.6 Å². The first-order valence-corrected chi connectivity index (χ1v) is 12.8. The van der Waals surface area contributed by atoms with Crippen molar-refractivity contribution in [2.45, 2.75) is 44.4 Å². The highest BCUT2D eigenvalue weighted by atomic mass is 35.5. The summed E-state index contributed by atoms with van der Waals surface area (Å²) in [7, 11) is 0. The number of hydrogen-bond donors (Lipinski definition) is 3. The van der Waals surface area contributed by atoms with E-state index >= 15 is 0 Å². The van der Waals surface area contributed by atoms with Gasteiger partial charge < -0.3 is 16.4 Å². The molecule has 4 rings (SSSR count). The number of alkyl halides is 3. The Labute approximate surface area is 227 Å². The van der Waals surface area contributed by atoms with Gasteiger partial charge in [0.1, 0.15) is 0 Å². The fraction of sp³-hybridized carbons (Fsp3) is 0.385. The van der Waals surface area contributed by atoms with Crippen LogP contribution in [0.15, 0.2) is 47.5 Å². The number of primary amides is 1. The largest absolute Gasteiger partial charge is 0.389 e. The molecule has 1 aliphatic carbocycles. The van der Waals surface area contributed by atoms with Crippen LogP contribution < -0.4 is 16.4 Å². The van der Waals surface area contributed by atoms with Gasteiger partial charge in [0.2, 0.25) is 18.0 Å². The van der Waals surface area contributed by atoms with E-state index in [1.54, 1.807) is 42.5 Å². The zero-order valence-electron chi connectivity index (χ0n) is 20.0. The Morgan fingerprint density at radius 1 is 1.11 bits per heavy atom. The second-order valence-electron chi connectivity index (χ2n) is 9.48. The average Bonchev–Trinajstić information content (AvgIpc) is 3.69. The Morgan fingerprint density at radius 3 is 2.39 bits per heavy atom. The number of carbonyl (C=O) groups excluding carboxylic acids is 3. The molecular weight excluding hydrogens is 544 g/mol. The van der Waals surface area contributed by atoms with Crippen molar-refractivity contribution in [3.05, 3.63) is 63.6 Å². The van der Waals surface area contributed by atoms with Crippen LogP contribution in [0.2, 0.25) is 10.0 Å². The summed E-state index contributed by atoms with van der Waals surface area (Å²) in [4.78, 5) is 43.3. The van der Waals surface area contributed by atoms with Gasteiger partial charge in [-0.15, -0.1) is 0 Å². The van der Waals surface area contributed by atoms with Crippen molar-refractivity contribution in [2.24, 2.45) is 28.5 Å². The molecule has 1 fully saturated rings. The Kier molecular flexibility index (Phi) is 8.32. The highest BCUT2D eigenvalue weighted by molar-refractivity contribution is 6.45. The molecule has 0 aromatic heterocycles. The molecule has 0 saturated heterocycles. The number of carbonyl (C=O) groups is 3. The molecule has 1 saturated carbocycles. The van der Waals surface area contributed by atoms with Crippen LogP contribution in [0.3, 0.4) is 0 Å². The summed E-state index contributed by atoms with van der Waals surface area (Å²) >= 11 is 12.6. The van der Waals surface area contributed by atoms with E-state index in [1.807, 2.05) is 0 Å². The molecule has 3 atom stereocenters. The van der Waals surface area contributed by atoms with Gasteiger partial charge in [-0.2, -0.15) is 13.2 Å². The zero-order chi connectivity index (χ0) is 27.6. The monoisotopic (exact) mass is 568 g/mol. The van der Waals surface area contributed by atoms with Crippen molar-refractivity contribution in [1.82, 2.24) is 5.32 Å². The number of benzodiazepines with no additional fused rings is 1. The molecule has 0 radical (unpaired) electrons. The topological polar surface area (TPSA) is 114 Å². The number of hydrogen-bond acceptors (Lipinski definition) is 4. The van der Waals surface area contributed by atoms with Crippen LogP contribution in [0.5, 0.6) is 0 Å². The summed E-state index contributed by atoms with van der Waals surface area (Å²) in [5.74, 6) is -4.90. The predicted octanol–water partition coefficient (Wildman–Crippen LogP) is 5.09. The van der Waals surface area contributed by atoms with E-state index in [9.17, 15) is 27.6 Å². The number of anilines is 1. The van der Waals surface area contributed by atoms with Crippen LogP contribution in [-0.2, 0) is 14.4 Å². The summed E-state index contributed by atoms with van der Waals surface area (Å²) in [6.45, 7) is 0. The summed E-state index contributed by atoms with van der Waals surface area (Å²) in [5.41, 5.74) is 7.08. The van der Waals surface area contributed by atoms with Gasteiger partial charge in [0.05, 0.1) is 21.4 Å². The number of amides is 3. The van der Waals surface area contributed by atoms with E-state index in [1.165, 1.54) is 0 Å². The highest BCUT2D eigenvalue weighted by Crippen LogP contribution is 2.40. The lowest BCUT2D eigenvalue weighted by molar-refractivity contribution is -0.146. The van der Waals surface area contributed by atoms with Gasteiger partial charge in [-0.05, 0) is 30.9 Å². The number of nitrogens with zero attached hydrogens (tertiary/aromatic N) is 1. The van der Waals surface area contributed by atoms with Crippen molar-refractivity contribution in [3.63, 3.8) is 0 Å². The van der Waals surface area contributed by atoms with Crippen LogP contribution >= 0.6 is 23.2 Å². The van der Waals surface area contributed by atoms with Crippen molar-refractivity contribution in [2.75, 3.05) is 5.32 Å². The van der Waals surface area contributed by atoms with Crippen molar-refractivity contribution < 1.29 is 27.6 Å². The molecule has 3 amide bonds. The molecule has 202 valence electrons. The number of benzene rings is 2. The first kappa shape index (κ1) is 27.9. The molecule has 4 N–H and O–H groups in total. The molecule has 12 heteroatoms. The molecule has 1 aliphatic heterocycles. The molecule has 0 unspecified atom stereocenters. The second-order valence-corrected chi connectivity index (χ2v) is 10.3. The van der Waals surface area contributed by atoms with Crippen molar-refractivity contribution in [1.29, 1.82) is 0 Å². The minimum absolute atomic E-state index is 0.0840. The number of nitrogens with one attached hydrogen (secondary N) is 2. The molecular formula is C26H25Cl2F3N4O3. The van der Waals surface area contributed by atoms with Gasteiger partial charge >= 0.3 is 6.18 Å². The third-order valence-corrected chi connectivity index (χ3v) is 7.45. The molecule has 38 heavy (non-hydrogen) atoms. The molecule has 0 bridgehead atoms. The van der Waals surface area contributed by atoms with Gasteiger partial charge in [-0.25, -0.2) is 4.99 Å². The number of rotatable bonds is 9. The fourth-order valence-electron chi connectivity index (χ4n) is 4.51. The Hall–Kier alpha value is -3.11. The van der Waals surface area contributed by atoms with Crippen molar-refractivity contribution >= 4 is 52.3 Å². The van der Waals surface area contributed by atoms with Gasteiger partial charge in [0, 0.05) is 29.4 Å². The maximum Gasteiger partial charge on any atom is 0.389 e. The van der Waals surface area contributed by atoms with Gasteiger partial charge in [0.25, 0.3) is 5.91 Å².